The fraction of sp³-hybridized carbons (Fsp3) is 0.890. The standard InChI is InChI=1S/C82H146N6O29/c1-56-72(100)75(103)62(52-89)115-78(56)111-44-22-29-65(93)83-40-18-10-6-8-14-33-70(98)109-47-25-37-82(87-68(96)36-35-60(92)28-16-17-32-69(97)88-51-61(108-5)50-59(88)55-107-4,38-26-48-110-71(99)34-15-9-7-11-19-41-84-66(94)30-23-45-112-79-57(2)73(101)76(104)63(53-90)116-79)39-27-49-114-81(106)86-43-21-13-12-20-42-85-67(95)31-24-46-113-80-58(3)74(102)77(105)64(54-91)117-80/h56-59,61-64,72-80,89-91,100-105H,6-55H2,1-5H3,(H,83,93)(H,84,94)(H,85,95)(H,86,106)(H,87,96)/t56?,57?,58?,59-,61+,62?,63?,64?,72?,73?,74?,75?,76?,77?,78?,79?,80?,82?/m1/s1. The van der Waals surface area contributed by atoms with Gasteiger partial charge in [-0.1, -0.05) is 72.1 Å². The van der Waals surface area contributed by atoms with Crippen molar-refractivity contribution in [2.75, 3.05) is 113 Å². The molecule has 0 spiro atoms. The number of ketones is 1. The first-order chi connectivity index (χ1) is 56.3. The van der Waals surface area contributed by atoms with Gasteiger partial charge in [-0.05, 0) is 116 Å². The van der Waals surface area contributed by atoms with Gasteiger partial charge in [0.25, 0.3) is 0 Å². The maximum Gasteiger partial charge on any atom is 0.407 e. The van der Waals surface area contributed by atoms with Crippen LogP contribution in [0.25, 0.3) is 0 Å². The molecule has 4 fully saturated rings. The highest BCUT2D eigenvalue weighted by Crippen LogP contribution is 2.32. The quantitative estimate of drug-likeness (QED) is 0.0236. The molecule has 0 bridgehead atoms. The average molecular weight is 1680 g/mol. The molecule has 35 nitrogen and oxygen atoms in total. The second kappa shape index (κ2) is 60.9. The maximum atomic E-state index is 14.1. The lowest BCUT2D eigenvalue weighted by Crippen LogP contribution is -2.55. The number of nitrogens with one attached hydrogen (secondary N) is 5. The Morgan fingerprint density at radius 1 is 0.393 bits per heavy atom. The number of hydrogen-bond acceptors (Lipinski definition) is 29. The largest absolute Gasteiger partial charge is 0.466 e. The number of Topliss-reactive ketones (excluding diaryl/α,β-unsaturated/α-hetero) is 1. The average Bonchev–Trinajstić information content (AvgIpc) is 1.63. The van der Waals surface area contributed by atoms with Crippen LogP contribution in [0, 0.1) is 17.8 Å². The van der Waals surface area contributed by atoms with Crippen molar-refractivity contribution in [2.24, 2.45) is 17.8 Å². The summed E-state index contributed by atoms with van der Waals surface area (Å²) in [5.74, 6) is -3.37. The summed E-state index contributed by atoms with van der Waals surface area (Å²) < 4.78 is 61.8. The van der Waals surface area contributed by atoms with Crippen LogP contribution in [0.4, 0.5) is 4.79 Å². The molecule has 4 aliphatic heterocycles. The normalized spacial score (nSPS) is 25.7. The Balaban J connectivity index is 1.26. The van der Waals surface area contributed by atoms with Crippen molar-refractivity contribution in [1.29, 1.82) is 0 Å². The highest BCUT2D eigenvalue weighted by atomic mass is 16.7. The molecule has 678 valence electrons. The molecule has 4 aliphatic rings. The molecule has 117 heavy (non-hydrogen) atoms. The SMILES string of the molecule is COC[C@H]1C[C@H](OC)CN1C(=O)CCCCC(=O)CCC(=O)NC(CCCOC(=O)CCCCCCCNC(=O)CCCOC1OC(CO)C(O)C(O)C1C)(CCCOC(=O)CCCCCCCNC(=O)CCCOC1OC(CO)C(O)C(O)C1C)CCCOC(=O)NCCCCCCNC(=O)CCCOC1OC(CO)C(O)C(O)C1C. The molecule has 0 aromatic rings. The highest BCUT2D eigenvalue weighted by molar-refractivity contribution is 5.85. The number of rotatable bonds is 65. The number of nitrogens with zero attached hydrogens (tertiary/aromatic N) is 1. The van der Waals surface area contributed by atoms with E-state index in [1.54, 1.807) is 39.9 Å². The van der Waals surface area contributed by atoms with Crippen LogP contribution in [0.2, 0.25) is 0 Å². The van der Waals surface area contributed by atoms with Crippen LogP contribution < -0.4 is 26.6 Å². The fourth-order valence-corrected chi connectivity index (χ4v) is 14.8. The highest BCUT2D eigenvalue weighted by Gasteiger charge is 2.45. The molecule has 4 saturated heterocycles. The van der Waals surface area contributed by atoms with Gasteiger partial charge in [-0.2, -0.15) is 0 Å². The maximum absolute atomic E-state index is 14.1. The van der Waals surface area contributed by atoms with Crippen LogP contribution in [-0.4, -0.2) is 309 Å². The number of carbonyl (C=O) groups is 9. The van der Waals surface area contributed by atoms with Gasteiger partial charge in [0.1, 0.15) is 42.4 Å². The van der Waals surface area contributed by atoms with E-state index in [4.69, 9.17) is 52.1 Å². The molecule has 0 aromatic carbocycles. The van der Waals surface area contributed by atoms with Crippen LogP contribution in [0.5, 0.6) is 0 Å². The number of ether oxygens (including phenoxy) is 11. The van der Waals surface area contributed by atoms with Crippen molar-refractivity contribution in [1.82, 2.24) is 31.5 Å². The minimum atomic E-state index is -1.23. The van der Waals surface area contributed by atoms with E-state index in [1.165, 1.54) is 0 Å². The van der Waals surface area contributed by atoms with Crippen LogP contribution in [0.1, 0.15) is 245 Å². The van der Waals surface area contributed by atoms with E-state index < -0.39 is 129 Å². The molecule has 14 N–H and O–H groups in total. The summed E-state index contributed by atoms with van der Waals surface area (Å²) in [4.78, 5) is 119. The molecule has 6 amide bonds. The molecule has 17 atom stereocenters. The third-order valence-corrected chi connectivity index (χ3v) is 22.2. The third-order valence-electron chi connectivity index (χ3n) is 22.2. The molecule has 15 unspecified atom stereocenters. The van der Waals surface area contributed by atoms with Gasteiger partial charge in [-0.15, -0.1) is 0 Å². The van der Waals surface area contributed by atoms with Gasteiger partial charge >= 0.3 is 18.0 Å². The number of methoxy groups -OCH3 is 2. The summed E-state index contributed by atoms with van der Waals surface area (Å²) in [6.45, 7) is 6.80. The second-order valence-corrected chi connectivity index (χ2v) is 31.8. The third kappa shape index (κ3) is 41.8. The second-order valence-electron chi connectivity index (χ2n) is 31.8. The van der Waals surface area contributed by atoms with E-state index in [9.17, 15) is 89.1 Å². The number of unbranched alkanes of at least 4 members (excludes halogenated alkanes) is 12. The van der Waals surface area contributed by atoms with Crippen LogP contribution in [0.3, 0.4) is 0 Å². The molecular formula is C82H146N6O29. The van der Waals surface area contributed by atoms with E-state index in [0.29, 0.717) is 142 Å². The van der Waals surface area contributed by atoms with E-state index in [-0.39, 0.29) is 151 Å². The number of likely N-dealkylation sites (tertiary alicyclic amines) is 1. The number of aliphatic hydroxyl groups excluding tert-OH is 9. The number of esters is 2. The zero-order valence-corrected chi connectivity index (χ0v) is 70.3. The van der Waals surface area contributed by atoms with Crippen molar-refractivity contribution in [3.05, 3.63) is 0 Å². The van der Waals surface area contributed by atoms with Gasteiger partial charge in [0.05, 0.1) is 96.5 Å². The zero-order chi connectivity index (χ0) is 85.8. The lowest BCUT2D eigenvalue weighted by molar-refractivity contribution is -0.282. The predicted octanol–water partition coefficient (Wildman–Crippen LogP) is 3.37. The minimum Gasteiger partial charge on any atom is -0.466 e. The Kier molecular flexibility index (Phi) is 54.1. The van der Waals surface area contributed by atoms with E-state index in [2.05, 4.69) is 26.6 Å². The number of carbonyl (C=O) groups excluding carboxylic acids is 9. The van der Waals surface area contributed by atoms with Gasteiger partial charge in [-0.25, -0.2) is 4.79 Å². The van der Waals surface area contributed by atoms with Crippen molar-refractivity contribution >= 4 is 53.4 Å². The Bertz CT molecular complexity index is 2560. The topological polar surface area (TPSA) is 501 Å². The number of aliphatic hydroxyl groups is 9. The van der Waals surface area contributed by atoms with Gasteiger partial charge < -0.3 is 130 Å². The first-order valence-corrected chi connectivity index (χ1v) is 43.2. The molecule has 4 rings (SSSR count). The molecule has 0 aliphatic carbocycles. The van der Waals surface area contributed by atoms with Crippen LogP contribution >= 0.6 is 0 Å². The lowest BCUT2D eigenvalue weighted by atomic mass is 9.83. The number of amides is 6. The first kappa shape index (κ1) is 104. The Morgan fingerprint density at radius 3 is 1.15 bits per heavy atom. The van der Waals surface area contributed by atoms with Gasteiger partial charge in [0.15, 0.2) is 18.9 Å². The van der Waals surface area contributed by atoms with Crippen molar-refractivity contribution in [3.8, 4) is 0 Å². The van der Waals surface area contributed by atoms with Crippen molar-refractivity contribution in [3.63, 3.8) is 0 Å². The minimum absolute atomic E-state index is 0.0181. The Hall–Kier alpha value is -5.45. The van der Waals surface area contributed by atoms with Crippen molar-refractivity contribution in [2.45, 2.75) is 337 Å². The smallest absolute Gasteiger partial charge is 0.407 e. The van der Waals surface area contributed by atoms with E-state index >= 15 is 0 Å². The monoisotopic (exact) mass is 1680 g/mol. The molecule has 0 aromatic heterocycles. The van der Waals surface area contributed by atoms with Crippen molar-refractivity contribution < 1.29 is 141 Å². The summed E-state index contributed by atoms with van der Waals surface area (Å²) in [7, 11) is 3.21. The molecule has 0 saturated carbocycles. The first-order valence-electron chi connectivity index (χ1n) is 43.2. The lowest BCUT2D eigenvalue weighted by Gasteiger charge is -2.40. The predicted molar refractivity (Wildman–Crippen MR) is 425 cm³/mol. The zero-order valence-electron chi connectivity index (χ0n) is 70.3. The molecule has 4 heterocycles. The van der Waals surface area contributed by atoms with E-state index in [1.807, 2.05) is 0 Å². The van der Waals surface area contributed by atoms with Crippen LogP contribution in [-0.2, 0) is 90.5 Å². The number of hydrogen-bond donors (Lipinski definition) is 14. The summed E-state index contributed by atoms with van der Waals surface area (Å²) in [6, 6.07) is -0.0921. The summed E-state index contributed by atoms with van der Waals surface area (Å²) in [5, 5.41) is 104. The van der Waals surface area contributed by atoms with Crippen LogP contribution in [0.15, 0.2) is 0 Å². The number of alkyl carbamates (subject to hydrolysis) is 1. The molecular weight excluding hydrogens is 1530 g/mol. The van der Waals surface area contributed by atoms with Gasteiger partial charge in [0.2, 0.25) is 29.5 Å². The Morgan fingerprint density at radius 2 is 0.761 bits per heavy atom. The molecule has 35 heteroatoms. The van der Waals surface area contributed by atoms with Gasteiger partial charge in [0, 0.05) is 128 Å². The summed E-state index contributed by atoms with van der Waals surface area (Å²) in [5.41, 5.74) is -0.990. The Labute approximate surface area is 691 Å². The molecule has 0 radical (unpaired) electrons. The van der Waals surface area contributed by atoms with E-state index in [0.717, 1.165) is 64.2 Å². The summed E-state index contributed by atoms with van der Waals surface area (Å²) >= 11 is 0. The van der Waals surface area contributed by atoms with Gasteiger partial charge in [-0.3, -0.25) is 38.4 Å². The summed E-state index contributed by atoms with van der Waals surface area (Å²) in [6.07, 6.45) is 3.12. The fourth-order valence-electron chi connectivity index (χ4n) is 14.8.